The molecular weight excluding hydrogens is 408 g/mol. The van der Waals surface area contributed by atoms with Crippen molar-refractivity contribution in [1.29, 1.82) is 0 Å². The van der Waals surface area contributed by atoms with Crippen LogP contribution >= 0.6 is 0 Å². The van der Waals surface area contributed by atoms with Crippen molar-refractivity contribution in [3.05, 3.63) is 107 Å². The van der Waals surface area contributed by atoms with E-state index >= 15 is 0 Å². The van der Waals surface area contributed by atoms with Crippen LogP contribution in [0.25, 0.3) is 33.4 Å². The molecule has 0 aromatic heterocycles. The van der Waals surface area contributed by atoms with Crippen molar-refractivity contribution in [3.63, 3.8) is 0 Å². The smallest absolute Gasteiger partial charge is 0.0210 e. The largest absolute Gasteiger partial charge is 0.0642 e. The van der Waals surface area contributed by atoms with Gasteiger partial charge in [-0.15, -0.1) is 0 Å². The van der Waals surface area contributed by atoms with Gasteiger partial charge in [-0.1, -0.05) is 100 Å². The Balaban J connectivity index is 1.64. The van der Waals surface area contributed by atoms with Gasteiger partial charge in [0.25, 0.3) is 0 Å². The second kappa shape index (κ2) is 7.70. The number of hydrogen-bond acceptors (Lipinski definition) is 0. The van der Waals surface area contributed by atoms with Crippen LogP contribution in [0.3, 0.4) is 0 Å². The van der Waals surface area contributed by atoms with Gasteiger partial charge in [-0.2, -0.15) is 0 Å². The van der Waals surface area contributed by atoms with Crippen molar-refractivity contribution in [2.75, 3.05) is 0 Å². The molecular formula is C34H34. The highest BCUT2D eigenvalue weighted by molar-refractivity contribution is 5.91. The first-order valence-corrected chi connectivity index (χ1v) is 13.1. The molecule has 4 aromatic rings. The van der Waals surface area contributed by atoms with Crippen LogP contribution in [0.4, 0.5) is 0 Å². The lowest BCUT2D eigenvalue weighted by molar-refractivity contribution is 0.476. The van der Waals surface area contributed by atoms with Gasteiger partial charge in [-0.25, -0.2) is 0 Å². The fourth-order valence-corrected chi connectivity index (χ4v) is 7.27. The van der Waals surface area contributed by atoms with Crippen molar-refractivity contribution in [1.82, 2.24) is 0 Å². The molecule has 0 radical (unpaired) electrons. The van der Waals surface area contributed by atoms with E-state index in [0.717, 1.165) is 25.7 Å². The second-order valence-corrected chi connectivity index (χ2v) is 10.2. The first-order chi connectivity index (χ1) is 16.6. The van der Waals surface area contributed by atoms with Crippen LogP contribution in [0.5, 0.6) is 0 Å². The first-order valence-electron chi connectivity index (χ1n) is 13.1. The number of benzene rings is 4. The minimum absolute atomic E-state index is 0.0759. The summed E-state index contributed by atoms with van der Waals surface area (Å²) in [6.45, 7) is 9.51. The fourth-order valence-electron chi connectivity index (χ4n) is 7.27. The Labute approximate surface area is 204 Å². The van der Waals surface area contributed by atoms with E-state index in [1.54, 1.807) is 11.1 Å². The highest BCUT2D eigenvalue weighted by Gasteiger charge is 2.46. The SMILES string of the molecule is CCC1(CC)c2ccccc2-c2cc3c(cc21)C(CC)(CC)c1cc(-c2ccccc2)ccc1-3. The second-order valence-electron chi connectivity index (χ2n) is 10.2. The molecule has 0 spiro atoms. The van der Waals surface area contributed by atoms with E-state index in [9.17, 15) is 0 Å². The maximum atomic E-state index is 2.63. The zero-order valence-corrected chi connectivity index (χ0v) is 20.9. The molecule has 0 saturated carbocycles. The van der Waals surface area contributed by atoms with Gasteiger partial charge in [0, 0.05) is 10.8 Å². The Morgan fingerprint density at radius 1 is 0.412 bits per heavy atom. The average molecular weight is 443 g/mol. The summed E-state index contributed by atoms with van der Waals surface area (Å²) in [7, 11) is 0. The van der Waals surface area contributed by atoms with E-state index in [1.807, 2.05) is 0 Å². The molecule has 34 heavy (non-hydrogen) atoms. The van der Waals surface area contributed by atoms with Crippen LogP contribution in [0.1, 0.15) is 75.6 Å². The predicted molar refractivity (Wildman–Crippen MR) is 145 cm³/mol. The Morgan fingerprint density at radius 2 is 0.941 bits per heavy atom. The standard InChI is InChI=1S/C34H34/c1-5-33(6-2)29-17-13-12-16-25(29)27-21-28-26-19-18-24(23-14-10-9-11-15-23)20-30(26)34(7-3,8-4)32(28)22-31(27)33/h9-22H,5-8H2,1-4H3. The van der Waals surface area contributed by atoms with Crippen LogP contribution in [-0.4, -0.2) is 0 Å². The van der Waals surface area contributed by atoms with Gasteiger partial charge in [0.15, 0.2) is 0 Å². The van der Waals surface area contributed by atoms with Crippen LogP contribution in [0.15, 0.2) is 84.9 Å². The summed E-state index contributed by atoms with van der Waals surface area (Å²) in [6, 6.07) is 32.4. The van der Waals surface area contributed by atoms with E-state index in [-0.39, 0.29) is 10.8 Å². The minimum atomic E-state index is 0.0759. The molecule has 0 nitrogen and oxygen atoms in total. The van der Waals surface area contributed by atoms with Gasteiger partial charge in [0.1, 0.15) is 0 Å². The molecule has 0 unspecified atom stereocenters. The molecule has 4 aromatic carbocycles. The van der Waals surface area contributed by atoms with Crippen molar-refractivity contribution in [2.24, 2.45) is 0 Å². The average Bonchev–Trinajstić information content (AvgIpc) is 3.34. The molecule has 0 saturated heterocycles. The summed E-state index contributed by atoms with van der Waals surface area (Å²) in [4.78, 5) is 0. The molecule has 6 rings (SSSR count). The van der Waals surface area contributed by atoms with Crippen LogP contribution < -0.4 is 0 Å². The molecule has 0 aliphatic heterocycles. The van der Waals surface area contributed by atoms with Gasteiger partial charge in [-0.3, -0.25) is 0 Å². The molecule has 0 heteroatoms. The lowest BCUT2D eigenvalue weighted by Gasteiger charge is -2.33. The summed E-state index contributed by atoms with van der Waals surface area (Å²) in [5, 5.41) is 0. The van der Waals surface area contributed by atoms with Crippen molar-refractivity contribution in [3.8, 4) is 33.4 Å². The monoisotopic (exact) mass is 442 g/mol. The zero-order chi connectivity index (χ0) is 23.5. The van der Waals surface area contributed by atoms with Crippen molar-refractivity contribution in [2.45, 2.75) is 64.2 Å². The van der Waals surface area contributed by atoms with Crippen LogP contribution in [0.2, 0.25) is 0 Å². The highest BCUT2D eigenvalue weighted by atomic mass is 14.5. The molecule has 0 N–H and O–H groups in total. The number of hydrogen-bond donors (Lipinski definition) is 0. The van der Waals surface area contributed by atoms with E-state index in [4.69, 9.17) is 0 Å². The molecule has 0 amide bonds. The third kappa shape index (κ3) is 2.60. The van der Waals surface area contributed by atoms with Crippen LogP contribution in [0, 0.1) is 0 Å². The Kier molecular flexibility index (Phi) is 4.85. The first kappa shape index (κ1) is 21.4. The summed E-state index contributed by atoms with van der Waals surface area (Å²) in [5.74, 6) is 0. The maximum absolute atomic E-state index is 2.63. The summed E-state index contributed by atoms with van der Waals surface area (Å²) >= 11 is 0. The van der Waals surface area contributed by atoms with Gasteiger partial charge < -0.3 is 0 Å². The quantitative estimate of drug-likeness (QED) is 0.289. The Morgan fingerprint density at radius 3 is 1.59 bits per heavy atom. The van der Waals surface area contributed by atoms with E-state index in [2.05, 4.69) is 113 Å². The van der Waals surface area contributed by atoms with Gasteiger partial charge in [-0.05, 0) is 93.5 Å². The topological polar surface area (TPSA) is 0 Å². The number of rotatable bonds is 5. The molecule has 2 aliphatic rings. The van der Waals surface area contributed by atoms with E-state index in [1.165, 1.54) is 44.5 Å². The summed E-state index contributed by atoms with van der Waals surface area (Å²) in [6.07, 6.45) is 4.53. The molecule has 0 heterocycles. The zero-order valence-electron chi connectivity index (χ0n) is 20.9. The Bertz CT molecular complexity index is 1380. The molecule has 0 fully saturated rings. The van der Waals surface area contributed by atoms with Gasteiger partial charge in [0.2, 0.25) is 0 Å². The third-order valence-corrected chi connectivity index (χ3v) is 9.27. The highest BCUT2D eigenvalue weighted by Crippen LogP contribution is 2.59. The number of fused-ring (bicyclic) bond motifs is 6. The normalized spacial score (nSPS) is 16.0. The fraction of sp³-hybridized carbons (Fsp3) is 0.294. The van der Waals surface area contributed by atoms with Crippen molar-refractivity contribution < 1.29 is 0 Å². The lowest BCUT2D eigenvalue weighted by Crippen LogP contribution is -2.26. The van der Waals surface area contributed by atoms with Crippen LogP contribution in [-0.2, 0) is 10.8 Å². The van der Waals surface area contributed by atoms with E-state index in [0.29, 0.717) is 0 Å². The summed E-state index contributed by atoms with van der Waals surface area (Å²) in [5.41, 5.74) is 14.8. The summed E-state index contributed by atoms with van der Waals surface area (Å²) < 4.78 is 0. The lowest BCUT2D eigenvalue weighted by atomic mass is 9.70. The van der Waals surface area contributed by atoms with Crippen molar-refractivity contribution >= 4 is 0 Å². The Hall–Kier alpha value is -3.12. The maximum Gasteiger partial charge on any atom is 0.0210 e. The molecule has 0 bridgehead atoms. The molecule has 0 atom stereocenters. The van der Waals surface area contributed by atoms with Gasteiger partial charge >= 0.3 is 0 Å². The van der Waals surface area contributed by atoms with Gasteiger partial charge in [0.05, 0.1) is 0 Å². The predicted octanol–water partition coefficient (Wildman–Crippen LogP) is 9.53. The molecule has 170 valence electrons. The third-order valence-electron chi connectivity index (χ3n) is 9.27. The minimum Gasteiger partial charge on any atom is -0.0642 e. The van der Waals surface area contributed by atoms with E-state index < -0.39 is 0 Å². The molecule has 2 aliphatic carbocycles.